The SMILES string of the molecule is CC(C)(C)OC(=O)Nc1nc(Cl)nc2c1ncn2[C@H]1C[C@H](O)[C@@H](CO)O1. The van der Waals surface area contributed by atoms with Crippen molar-refractivity contribution in [1.29, 1.82) is 0 Å². The summed E-state index contributed by atoms with van der Waals surface area (Å²) in [5, 5.41) is 21.6. The molecule has 142 valence electrons. The summed E-state index contributed by atoms with van der Waals surface area (Å²) in [5.41, 5.74) is -0.0513. The summed E-state index contributed by atoms with van der Waals surface area (Å²) in [7, 11) is 0. The molecule has 1 aliphatic rings. The van der Waals surface area contributed by atoms with E-state index in [2.05, 4.69) is 20.3 Å². The van der Waals surface area contributed by atoms with Crippen molar-refractivity contribution in [1.82, 2.24) is 19.5 Å². The smallest absolute Gasteiger partial charge is 0.413 e. The van der Waals surface area contributed by atoms with Crippen LogP contribution in [0.3, 0.4) is 0 Å². The number of halogens is 1. The maximum Gasteiger partial charge on any atom is 0.413 e. The Morgan fingerprint density at radius 1 is 1.50 bits per heavy atom. The van der Waals surface area contributed by atoms with Crippen LogP contribution >= 0.6 is 11.6 Å². The molecule has 0 aromatic carbocycles. The molecule has 1 aliphatic heterocycles. The van der Waals surface area contributed by atoms with Crippen molar-refractivity contribution in [3.05, 3.63) is 11.6 Å². The molecule has 26 heavy (non-hydrogen) atoms. The summed E-state index contributed by atoms with van der Waals surface area (Å²) >= 11 is 5.97. The molecule has 10 nitrogen and oxygen atoms in total. The first-order valence-corrected chi connectivity index (χ1v) is 8.40. The van der Waals surface area contributed by atoms with Crippen LogP contribution in [0, 0.1) is 0 Å². The number of aliphatic hydroxyl groups excluding tert-OH is 2. The van der Waals surface area contributed by atoms with Gasteiger partial charge in [-0.3, -0.25) is 9.88 Å². The Bertz CT molecular complexity index is 821. The van der Waals surface area contributed by atoms with Crippen molar-refractivity contribution in [2.45, 2.75) is 51.2 Å². The number of rotatable bonds is 3. The molecule has 2 aromatic rings. The minimum Gasteiger partial charge on any atom is -0.444 e. The van der Waals surface area contributed by atoms with E-state index >= 15 is 0 Å². The highest BCUT2D eigenvalue weighted by molar-refractivity contribution is 6.28. The summed E-state index contributed by atoms with van der Waals surface area (Å²) < 4.78 is 12.4. The average molecular weight is 386 g/mol. The number of nitrogens with zero attached hydrogens (tertiary/aromatic N) is 4. The third-order valence-electron chi connectivity index (χ3n) is 3.71. The summed E-state index contributed by atoms with van der Waals surface area (Å²) in [6, 6.07) is 0. The highest BCUT2D eigenvalue weighted by Crippen LogP contribution is 2.32. The third kappa shape index (κ3) is 3.88. The molecule has 11 heteroatoms. The van der Waals surface area contributed by atoms with Crippen LogP contribution in [-0.2, 0) is 9.47 Å². The van der Waals surface area contributed by atoms with Crippen LogP contribution in [0.2, 0.25) is 5.28 Å². The number of hydrogen-bond donors (Lipinski definition) is 3. The zero-order valence-electron chi connectivity index (χ0n) is 14.5. The van der Waals surface area contributed by atoms with Crippen LogP contribution < -0.4 is 5.32 Å². The lowest BCUT2D eigenvalue weighted by atomic mass is 10.2. The molecule has 3 N–H and O–H groups in total. The fraction of sp³-hybridized carbons (Fsp3) is 0.600. The topological polar surface area (TPSA) is 132 Å². The molecule has 1 saturated heterocycles. The molecule has 0 saturated carbocycles. The summed E-state index contributed by atoms with van der Waals surface area (Å²) in [6.07, 6.45) is -1.06. The summed E-state index contributed by atoms with van der Waals surface area (Å²) in [4.78, 5) is 24.4. The molecule has 1 amide bonds. The summed E-state index contributed by atoms with van der Waals surface area (Å²) in [5.74, 6) is 0.102. The predicted octanol–water partition coefficient (Wildman–Crippen LogP) is 1.47. The van der Waals surface area contributed by atoms with Crippen LogP contribution in [0.1, 0.15) is 33.4 Å². The number of aliphatic hydroxyl groups is 2. The molecular weight excluding hydrogens is 366 g/mol. The fourth-order valence-corrected chi connectivity index (χ4v) is 2.80. The van der Waals surface area contributed by atoms with Crippen molar-refractivity contribution >= 4 is 34.7 Å². The van der Waals surface area contributed by atoms with Gasteiger partial charge in [0.15, 0.2) is 17.0 Å². The lowest BCUT2D eigenvalue weighted by molar-refractivity contribution is -0.0432. The number of anilines is 1. The number of nitrogens with one attached hydrogen (secondary N) is 1. The standard InChI is InChI=1S/C15H20ClN5O5/c1-15(2,3)26-14(24)19-11-10-12(20-13(16)18-11)21(6-17-10)9-4-7(23)8(5-22)25-9/h6-9,22-23H,4-5H2,1-3H3,(H,18,19,20,24)/t7-,8+,9+/m0/s1. The van der Waals surface area contributed by atoms with Gasteiger partial charge in [-0.15, -0.1) is 0 Å². The normalized spacial score (nSPS) is 23.4. The van der Waals surface area contributed by atoms with Crippen LogP contribution in [0.15, 0.2) is 6.33 Å². The number of fused-ring (bicyclic) bond motifs is 1. The molecule has 3 atom stereocenters. The van der Waals surface area contributed by atoms with Gasteiger partial charge in [0.1, 0.15) is 17.9 Å². The van der Waals surface area contributed by atoms with Crippen LogP contribution in [0.4, 0.5) is 10.6 Å². The van der Waals surface area contributed by atoms with Gasteiger partial charge in [0, 0.05) is 6.42 Å². The quantitative estimate of drug-likeness (QED) is 0.676. The van der Waals surface area contributed by atoms with Crippen LogP contribution in [0.25, 0.3) is 11.2 Å². The van der Waals surface area contributed by atoms with E-state index in [9.17, 15) is 15.0 Å². The van der Waals surface area contributed by atoms with Gasteiger partial charge in [0.2, 0.25) is 5.28 Å². The van der Waals surface area contributed by atoms with Gasteiger partial charge in [0.05, 0.1) is 19.0 Å². The minimum absolute atomic E-state index is 0.0948. The number of hydrogen-bond acceptors (Lipinski definition) is 8. The van der Waals surface area contributed by atoms with Crippen molar-refractivity contribution in [3.8, 4) is 0 Å². The minimum atomic E-state index is -0.806. The second kappa shape index (κ2) is 6.95. The van der Waals surface area contributed by atoms with Crippen LogP contribution in [0.5, 0.6) is 0 Å². The molecule has 0 aliphatic carbocycles. The maximum absolute atomic E-state index is 12.0. The molecule has 0 unspecified atom stereocenters. The molecule has 0 bridgehead atoms. The third-order valence-corrected chi connectivity index (χ3v) is 3.88. The molecule has 2 aromatic heterocycles. The van der Waals surface area contributed by atoms with Gasteiger partial charge in [-0.2, -0.15) is 9.97 Å². The molecule has 3 rings (SSSR count). The number of ether oxygens (including phenoxy) is 2. The Morgan fingerprint density at radius 2 is 2.23 bits per heavy atom. The van der Waals surface area contributed by atoms with E-state index in [1.807, 2.05) is 0 Å². The van der Waals surface area contributed by atoms with E-state index in [1.165, 1.54) is 6.33 Å². The monoisotopic (exact) mass is 385 g/mol. The van der Waals surface area contributed by atoms with Crippen LogP contribution in [-0.4, -0.2) is 60.2 Å². The van der Waals surface area contributed by atoms with Crippen molar-refractivity contribution < 1.29 is 24.5 Å². The van der Waals surface area contributed by atoms with Gasteiger partial charge >= 0.3 is 6.09 Å². The molecular formula is C15H20ClN5O5. The second-order valence-corrected chi connectivity index (χ2v) is 7.25. The number of carbonyl (C=O) groups excluding carboxylic acids is 1. The Kier molecular flexibility index (Phi) is 5.02. The average Bonchev–Trinajstić information content (AvgIpc) is 3.08. The van der Waals surface area contributed by atoms with E-state index in [1.54, 1.807) is 25.3 Å². The maximum atomic E-state index is 12.0. The first-order chi connectivity index (χ1) is 12.2. The van der Waals surface area contributed by atoms with E-state index in [4.69, 9.17) is 21.1 Å². The first kappa shape index (κ1) is 18.8. The van der Waals surface area contributed by atoms with E-state index < -0.39 is 30.1 Å². The van der Waals surface area contributed by atoms with Crippen molar-refractivity contribution in [2.75, 3.05) is 11.9 Å². The largest absolute Gasteiger partial charge is 0.444 e. The highest BCUT2D eigenvalue weighted by atomic mass is 35.5. The Labute approximate surface area is 154 Å². The van der Waals surface area contributed by atoms with Gasteiger partial charge in [-0.1, -0.05) is 0 Å². The Hall–Kier alpha value is -2.01. The molecule has 0 spiro atoms. The number of amides is 1. The molecule has 0 radical (unpaired) electrons. The van der Waals surface area contributed by atoms with Gasteiger partial charge < -0.3 is 19.7 Å². The second-order valence-electron chi connectivity index (χ2n) is 6.91. The predicted molar refractivity (Wildman–Crippen MR) is 91.8 cm³/mol. The van der Waals surface area contributed by atoms with E-state index in [-0.39, 0.29) is 24.1 Å². The number of imidazole rings is 1. The Morgan fingerprint density at radius 3 is 2.85 bits per heavy atom. The Balaban J connectivity index is 1.91. The summed E-state index contributed by atoms with van der Waals surface area (Å²) in [6.45, 7) is 4.92. The van der Waals surface area contributed by atoms with Gasteiger partial charge in [0.25, 0.3) is 0 Å². The van der Waals surface area contributed by atoms with E-state index in [0.29, 0.717) is 11.2 Å². The zero-order valence-corrected chi connectivity index (χ0v) is 15.3. The lowest BCUT2D eigenvalue weighted by Crippen LogP contribution is -2.27. The first-order valence-electron chi connectivity index (χ1n) is 8.02. The van der Waals surface area contributed by atoms with E-state index in [0.717, 1.165) is 0 Å². The number of aromatic nitrogens is 4. The lowest BCUT2D eigenvalue weighted by Gasteiger charge is -2.19. The van der Waals surface area contributed by atoms with Gasteiger partial charge in [-0.25, -0.2) is 9.78 Å². The molecule has 1 fully saturated rings. The highest BCUT2D eigenvalue weighted by Gasteiger charge is 2.35. The fourth-order valence-electron chi connectivity index (χ4n) is 2.64. The van der Waals surface area contributed by atoms with Crippen molar-refractivity contribution in [3.63, 3.8) is 0 Å². The number of carbonyl (C=O) groups is 1. The van der Waals surface area contributed by atoms with Crippen molar-refractivity contribution in [2.24, 2.45) is 0 Å². The van der Waals surface area contributed by atoms with Gasteiger partial charge in [-0.05, 0) is 32.4 Å². The zero-order chi connectivity index (χ0) is 19.1. The molecule has 3 heterocycles.